The van der Waals surface area contributed by atoms with E-state index in [1.165, 1.54) is 18.5 Å². The van der Waals surface area contributed by atoms with Gasteiger partial charge in [0, 0.05) is 31.1 Å². The van der Waals surface area contributed by atoms with Crippen LogP contribution in [-0.2, 0) is 9.47 Å². The fourth-order valence-corrected chi connectivity index (χ4v) is 4.34. The van der Waals surface area contributed by atoms with E-state index in [9.17, 15) is 13.2 Å². The van der Waals surface area contributed by atoms with E-state index >= 15 is 0 Å². The maximum atomic E-state index is 13.3. The lowest BCUT2D eigenvalue weighted by Crippen LogP contribution is -2.46. The van der Waals surface area contributed by atoms with Crippen molar-refractivity contribution in [2.24, 2.45) is 4.99 Å². The summed E-state index contributed by atoms with van der Waals surface area (Å²) in [5.74, 6) is -0.0900. The standard InChI is InChI=1S/C18H25F3N2O2/c1-24-13-17-7-3-11-23(17)14(5-8-17)12-25-16-6-10-22-9-2-4-15(16)18(19,20)21/h6,9-10,14H,2-5,7-8,11-13H2,1H3/b10-6-,16-15-,22-9?. The molecule has 0 radical (unpaired) electrons. The molecule has 0 aromatic carbocycles. The summed E-state index contributed by atoms with van der Waals surface area (Å²) >= 11 is 0. The van der Waals surface area contributed by atoms with Gasteiger partial charge in [-0.05, 0) is 51.1 Å². The van der Waals surface area contributed by atoms with Gasteiger partial charge in [-0.1, -0.05) is 0 Å². The number of rotatable bonds is 5. The molecule has 2 atom stereocenters. The minimum Gasteiger partial charge on any atom is -0.492 e. The number of nitrogens with zero attached hydrogens (tertiary/aromatic N) is 2. The zero-order valence-corrected chi connectivity index (χ0v) is 14.5. The summed E-state index contributed by atoms with van der Waals surface area (Å²) in [4.78, 5) is 6.34. The molecule has 0 N–H and O–H groups in total. The Bertz CT molecular complexity index is 571. The second-order valence-corrected chi connectivity index (χ2v) is 6.98. The van der Waals surface area contributed by atoms with Gasteiger partial charge >= 0.3 is 6.18 Å². The quantitative estimate of drug-likeness (QED) is 0.749. The second-order valence-electron chi connectivity index (χ2n) is 6.98. The van der Waals surface area contributed by atoms with E-state index in [0.717, 1.165) is 32.2 Å². The molecule has 0 amide bonds. The molecule has 0 saturated carbocycles. The number of methoxy groups -OCH3 is 1. The third-order valence-electron chi connectivity index (χ3n) is 5.46. The summed E-state index contributed by atoms with van der Waals surface area (Å²) in [6, 6.07) is 0.141. The van der Waals surface area contributed by atoms with Crippen molar-refractivity contribution < 1.29 is 22.6 Å². The Morgan fingerprint density at radius 2 is 2.20 bits per heavy atom. The maximum absolute atomic E-state index is 13.3. The van der Waals surface area contributed by atoms with Crippen molar-refractivity contribution in [3.8, 4) is 0 Å². The number of alkyl halides is 3. The van der Waals surface area contributed by atoms with Crippen molar-refractivity contribution in [1.82, 2.24) is 4.90 Å². The van der Waals surface area contributed by atoms with Crippen LogP contribution in [0.5, 0.6) is 0 Å². The number of halogens is 3. The second kappa shape index (κ2) is 7.50. The fraction of sp³-hybridized carbons (Fsp3) is 0.722. The molecule has 2 unspecified atom stereocenters. The summed E-state index contributed by atoms with van der Waals surface area (Å²) in [5.41, 5.74) is -0.553. The molecule has 0 aromatic rings. The highest BCUT2D eigenvalue weighted by Gasteiger charge is 2.49. The van der Waals surface area contributed by atoms with Crippen LogP contribution in [0.2, 0.25) is 0 Å². The first-order valence-electron chi connectivity index (χ1n) is 8.83. The van der Waals surface area contributed by atoms with E-state index in [1.807, 2.05) is 0 Å². The summed E-state index contributed by atoms with van der Waals surface area (Å²) in [6.45, 7) is 1.91. The molecule has 0 aliphatic carbocycles. The van der Waals surface area contributed by atoms with Crippen molar-refractivity contribution in [2.75, 3.05) is 26.9 Å². The van der Waals surface area contributed by atoms with Crippen LogP contribution in [-0.4, -0.2) is 55.7 Å². The molecule has 140 valence electrons. The maximum Gasteiger partial charge on any atom is 0.416 e. The molecule has 0 bridgehead atoms. The lowest BCUT2D eigenvalue weighted by Gasteiger charge is -2.34. The zero-order chi connectivity index (χ0) is 17.9. The fourth-order valence-electron chi connectivity index (χ4n) is 4.34. The van der Waals surface area contributed by atoms with E-state index in [4.69, 9.17) is 9.47 Å². The van der Waals surface area contributed by atoms with Crippen molar-refractivity contribution in [3.63, 3.8) is 0 Å². The molecule has 2 saturated heterocycles. The van der Waals surface area contributed by atoms with Gasteiger partial charge in [0.1, 0.15) is 12.4 Å². The molecule has 3 heterocycles. The van der Waals surface area contributed by atoms with E-state index < -0.39 is 11.7 Å². The van der Waals surface area contributed by atoms with Crippen molar-refractivity contribution in [1.29, 1.82) is 0 Å². The number of aliphatic imine (C=N–C) groups is 1. The van der Waals surface area contributed by atoms with Crippen LogP contribution in [0.4, 0.5) is 13.2 Å². The summed E-state index contributed by atoms with van der Waals surface area (Å²) < 4.78 is 51.1. The van der Waals surface area contributed by atoms with Gasteiger partial charge in [-0.3, -0.25) is 9.89 Å². The number of allylic oxidation sites excluding steroid dienone is 2. The Morgan fingerprint density at radius 1 is 1.36 bits per heavy atom. The molecule has 7 heteroatoms. The van der Waals surface area contributed by atoms with Crippen molar-refractivity contribution in [3.05, 3.63) is 23.6 Å². The van der Waals surface area contributed by atoms with Crippen LogP contribution < -0.4 is 0 Å². The number of hydrogen-bond donors (Lipinski definition) is 0. The first kappa shape index (κ1) is 18.5. The van der Waals surface area contributed by atoms with Crippen molar-refractivity contribution in [2.45, 2.75) is 56.3 Å². The predicted octanol–water partition coefficient (Wildman–Crippen LogP) is 3.84. The van der Waals surface area contributed by atoms with Gasteiger partial charge in [-0.25, -0.2) is 0 Å². The van der Waals surface area contributed by atoms with Crippen LogP contribution in [0.3, 0.4) is 0 Å². The molecule has 25 heavy (non-hydrogen) atoms. The third-order valence-corrected chi connectivity index (χ3v) is 5.46. The molecule has 2 fully saturated rings. The van der Waals surface area contributed by atoms with Gasteiger partial charge in [0.05, 0.1) is 12.2 Å². The van der Waals surface area contributed by atoms with Gasteiger partial charge in [0.2, 0.25) is 0 Å². The van der Waals surface area contributed by atoms with E-state index in [-0.39, 0.29) is 36.8 Å². The Hall–Kier alpha value is -1.34. The molecule has 0 spiro atoms. The minimum atomic E-state index is -4.38. The number of ether oxygens (including phenoxy) is 2. The molecular weight excluding hydrogens is 333 g/mol. The van der Waals surface area contributed by atoms with E-state index in [0.29, 0.717) is 6.61 Å². The Labute approximate surface area is 146 Å². The Balaban J connectivity index is 1.72. The Kier molecular flexibility index (Phi) is 5.53. The van der Waals surface area contributed by atoms with Gasteiger partial charge in [-0.2, -0.15) is 13.2 Å². The molecule has 3 rings (SSSR count). The van der Waals surface area contributed by atoms with Crippen molar-refractivity contribution >= 4 is 6.21 Å². The average Bonchev–Trinajstić information content (AvgIpc) is 3.04. The van der Waals surface area contributed by atoms with Gasteiger partial charge in [0.25, 0.3) is 0 Å². The molecular formula is C18H25F3N2O2. The predicted molar refractivity (Wildman–Crippen MR) is 89.5 cm³/mol. The molecule has 3 aliphatic rings. The third kappa shape index (κ3) is 3.92. The molecule has 0 aromatic heterocycles. The van der Waals surface area contributed by atoms with E-state index in [1.54, 1.807) is 7.11 Å². The highest BCUT2D eigenvalue weighted by Crippen LogP contribution is 2.43. The Morgan fingerprint density at radius 3 is 2.96 bits per heavy atom. The van der Waals surface area contributed by atoms with Crippen LogP contribution in [0.25, 0.3) is 0 Å². The number of fused-ring (bicyclic) bond motifs is 1. The monoisotopic (exact) mass is 358 g/mol. The van der Waals surface area contributed by atoms with Crippen LogP contribution in [0.1, 0.15) is 38.5 Å². The first-order valence-corrected chi connectivity index (χ1v) is 8.83. The summed E-state index contributed by atoms with van der Waals surface area (Å²) in [5, 5.41) is 0. The average molecular weight is 358 g/mol. The molecule has 4 nitrogen and oxygen atoms in total. The van der Waals surface area contributed by atoms with Gasteiger partial charge < -0.3 is 9.47 Å². The SMILES string of the molecule is COCC12CCCN1C(COC1=C(\C(F)(F)F)CCC=N/C=C\1)CC2. The van der Waals surface area contributed by atoms with Gasteiger partial charge in [0.15, 0.2) is 0 Å². The first-order chi connectivity index (χ1) is 12.0. The lowest BCUT2D eigenvalue weighted by atomic mass is 9.95. The zero-order valence-electron chi connectivity index (χ0n) is 14.5. The summed E-state index contributed by atoms with van der Waals surface area (Å²) in [6.07, 6.45) is 4.12. The highest BCUT2D eigenvalue weighted by molar-refractivity contribution is 5.59. The van der Waals surface area contributed by atoms with Crippen LogP contribution in [0.15, 0.2) is 28.6 Å². The lowest BCUT2D eigenvalue weighted by molar-refractivity contribution is -0.0975. The molecule has 3 aliphatic heterocycles. The summed E-state index contributed by atoms with van der Waals surface area (Å²) in [7, 11) is 1.70. The minimum absolute atomic E-state index is 0.0467. The largest absolute Gasteiger partial charge is 0.492 e. The normalized spacial score (nSPS) is 34.6. The number of hydrogen-bond acceptors (Lipinski definition) is 4. The van der Waals surface area contributed by atoms with Crippen LogP contribution >= 0.6 is 0 Å². The topological polar surface area (TPSA) is 34.1 Å². The van der Waals surface area contributed by atoms with E-state index in [2.05, 4.69) is 9.89 Å². The highest BCUT2D eigenvalue weighted by atomic mass is 19.4. The van der Waals surface area contributed by atoms with Gasteiger partial charge in [-0.15, -0.1) is 0 Å². The van der Waals surface area contributed by atoms with Crippen LogP contribution in [0, 0.1) is 0 Å². The smallest absolute Gasteiger partial charge is 0.416 e.